The van der Waals surface area contributed by atoms with Gasteiger partial charge in [0.25, 0.3) is 0 Å². The molecule has 0 aliphatic carbocycles. The normalized spacial score (nSPS) is 13.0. The third-order valence-corrected chi connectivity index (χ3v) is 2.02. The highest BCUT2D eigenvalue weighted by Gasteiger charge is 2.15. The summed E-state index contributed by atoms with van der Waals surface area (Å²) in [5, 5.41) is 7.85. The summed E-state index contributed by atoms with van der Waals surface area (Å²) in [5.41, 5.74) is 4.44. The van der Waals surface area contributed by atoms with Crippen molar-refractivity contribution in [1.82, 2.24) is 25.4 Å². The first-order chi connectivity index (χ1) is 6.81. The van der Waals surface area contributed by atoms with Crippen LogP contribution in [0.4, 0.5) is 0 Å². The Morgan fingerprint density at radius 3 is 3.00 bits per heavy atom. The van der Waals surface area contributed by atoms with E-state index in [2.05, 4.69) is 20.7 Å². The van der Waals surface area contributed by atoms with Crippen molar-refractivity contribution in [2.24, 2.45) is 12.9 Å². The Kier molecular flexibility index (Phi) is 2.30. The highest BCUT2D eigenvalue weighted by Crippen LogP contribution is 2.16. The average Bonchev–Trinajstić information content (AvgIpc) is 2.79. The van der Waals surface area contributed by atoms with Gasteiger partial charge < -0.3 is 4.98 Å². The van der Waals surface area contributed by atoms with Crippen LogP contribution in [0.3, 0.4) is 0 Å². The molecule has 0 bridgehead atoms. The molecule has 2 aromatic rings. The van der Waals surface area contributed by atoms with Crippen molar-refractivity contribution in [3.05, 3.63) is 35.9 Å². The summed E-state index contributed by atoms with van der Waals surface area (Å²) in [7, 11) is 1.82. The number of nitrogens with two attached hydrogens (primary N) is 1. The van der Waals surface area contributed by atoms with E-state index in [0.29, 0.717) is 0 Å². The van der Waals surface area contributed by atoms with Crippen molar-refractivity contribution in [3.8, 4) is 0 Å². The summed E-state index contributed by atoms with van der Waals surface area (Å²) in [6, 6.07) is 3.72. The Bertz CT molecular complexity index is 390. The molecule has 0 aliphatic rings. The number of hydrazine groups is 1. The number of hydrogen-bond donors (Lipinski definition) is 3. The fourth-order valence-electron chi connectivity index (χ4n) is 1.36. The van der Waals surface area contributed by atoms with Crippen molar-refractivity contribution in [2.75, 3.05) is 0 Å². The third-order valence-electron chi connectivity index (χ3n) is 2.02. The van der Waals surface area contributed by atoms with Crippen LogP contribution in [0.15, 0.2) is 24.5 Å². The highest BCUT2D eigenvalue weighted by atomic mass is 15.4. The molecular weight excluding hydrogens is 180 g/mol. The summed E-state index contributed by atoms with van der Waals surface area (Å²) in [5.74, 6) is 5.46. The van der Waals surface area contributed by atoms with E-state index in [9.17, 15) is 0 Å². The maximum Gasteiger partial charge on any atom is 0.107 e. The molecule has 74 valence electrons. The van der Waals surface area contributed by atoms with Crippen molar-refractivity contribution < 1.29 is 0 Å². The first-order valence-corrected chi connectivity index (χ1v) is 4.27. The summed E-state index contributed by atoms with van der Waals surface area (Å²) >= 11 is 0. The van der Waals surface area contributed by atoms with Gasteiger partial charge in [-0.2, -0.15) is 0 Å². The zero-order valence-corrected chi connectivity index (χ0v) is 7.81. The van der Waals surface area contributed by atoms with Gasteiger partial charge in [0.2, 0.25) is 0 Å². The minimum atomic E-state index is -0.140. The second kappa shape index (κ2) is 3.60. The van der Waals surface area contributed by atoms with Gasteiger partial charge in [0.15, 0.2) is 0 Å². The maximum absolute atomic E-state index is 5.46. The number of aryl methyl sites for hydroxylation is 1. The van der Waals surface area contributed by atoms with Gasteiger partial charge in [0.1, 0.15) is 11.7 Å². The lowest BCUT2D eigenvalue weighted by Crippen LogP contribution is -2.29. The molecule has 6 heteroatoms. The van der Waals surface area contributed by atoms with E-state index in [-0.39, 0.29) is 6.04 Å². The van der Waals surface area contributed by atoms with E-state index in [4.69, 9.17) is 5.84 Å². The first-order valence-electron chi connectivity index (χ1n) is 4.27. The van der Waals surface area contributed by atoms with Crippen molar-refractivity contribution in [1.29, 1.82) is 0 Å². The van der Waals surface area contributed by atoms with Crippen LogP contribution in [0.2, 0.25) is 0 Å². The fourth-order valence-corrected chi connectivity index (χ4v) is 1.36. The Hall–Kier alpha value is -1.66. The summed E-state index contributed by atoms with van der Waals surface area (Å²) in [6.45, 7) is 0. The molecule has 0 fully saturated rings. The number of rotatable bonds is 3. The van der Waals surface area contributed by atoms with E-state index < -0.39 is 0 Å². The lowest BCUT2D eigenvalue weighted by molar-refractivity contribution is 0.606. The van der Waals surface area contributed by atoms with Crippen LogP contribution in [0.1, 0.15) is 17.4 Å². The van der Waals surface area contributed by atoms with E-state index in [0.717, 1.165) is 11.4 Å². The van der Waals surface area contributed by atoms with Gasteiger partial charge in [0, 0.05) is 18.9 Å². The fraction of sp³-hybridized carbons (Fsp3) is 0.250. The number of aromatic nitrogens is 4. The lowest BCUT2D eigenvalue weighted by Gasteiger charge is -2.10. The molecule has 0 amide bonds. The molecule has 1 atom stereocenters. The van der Waals surface area contributed by atoms with Gasteiger partial charge in [-0.05, 0) is 12.1 Å². The second-order valence-electron chi connectivity index (χ2n) is 3.04. The van der Waals surface area contributed by atoms with Crippen molar-refractivity contribution >= 4 is 0 Å². The van der Waals surface area contributed by atoms with Gasteiger partial charge in [-0.25, -0.2) is 5.43 Å². The average molecular weight is 192 g/mol. The zero-order valence-electron chi connectivity index (χ0n) is 7.81. The van der Waals surface area contributed by atoms with Gasteiger partial charge in [-0.1, -0.05) is 5.21 Å². The molecule has 2 aromatic heterocycles. The lowest BCUT2D eigenvalue weighted by atomic mass is 10.2. The van der Waals surface area contributed by atoms with Gasteiger partial charge >= 0.3 is 0 Å². The maximum atomic E-state index is 5.46. The van der Waals surface area contributed by atoms with Crippen LogP contribution in [-0.2, 0) is 7.05 Å². The molecule has 1 unspecified atom stereocenters. The Morgan fingerprint density at radius 2 is 2.50 bits per heavy atom. The van der Waals surface area contributed by atoms with Crippen molar-refractivity contribution in [2.45, 2.75) is 6.04 Å². The number of H-pyrrole nitrogens is 1. The predicted molar refractivity (Wildman–Crippen MR) is 51.0 cm³/mol. The Balaban J connectivity index is 2.31. The van der Waals surface area contributed by atoms with E-state index in [1.807, 2.05) is 31.6 Å². The van der Waals surface area contributed by atoms with Crippen LogP contribution in [0, 0.1) is 0 Å². The molecule has 0 aliphatic heterocycles. The second-order valence-corrected chi connectivity index (χ2v) is 3.04. The standard InChI is InChI=1S/C8H12N6/c1-14-5-7(12-13-14)8(11-9)6-3-2-4-10-6/h2-5,8,10-11H,9H2,1H3. The smallest absolute Gasteiger partial charge is 0.107 e. The van der Waals surface area contributed by atoms with Crippen LogP contribution in [0.25, 0.3) is 0 Å². The van der Waals surface area contributed by atoms with Crippen LogP contribution < -0.4 is 11.3 Å². The number of nitrogens with zero attached hydrogens (tertiary/aromatic N) is 3. The molecule has 2 heterocycles. The quantitative estimate of drug-likeness (QED) is 0.460. The monoisotopic (exact) mass is 192 g/mol. The third kappa shape index (κ3) is 1.52. The number of hydrogen-bond acceptors (Lipinski definition) is 4. The summed E-state index contributed by atoms with van der Waals surface area (Å²) in [6.07, 6.45) is 3.67. The summed E-state index contributed by atoms with van der Waals surface area (Å²) in [4.78, 5) is 3.08. The van der Waals surface area contributed by atoms with E-state index in [1.165, 1.54) is 0 Å². The van der Waals surface area contributed by atoms with Crippen LogP contribution in [0.5, 0.6) is 0 Å². The Labute approximate surface area is 81.1 Å². The van der Waals surface area contributed by atoms with Gasteiger partial charge in [-0.3, -0.25) is 10.5 Å². The van der Waals surface area contributed by atoms with Crippen molar-refractivity contribution in [3.63, 3.8) is 0 Å². The molecule has 0 radical (unpaired) electrons. The molecule has 14 heavy (non-hydrogen) atoms. The molecule has 0 saturated heterocycles. The minimum Gasteiger partial charge on any atom is -0.363 e. The van der Waals surface area contributed by atoms with E-state index >= 15 is 0 Å². The summed E-state index contributed by atoms with van der Waals surface area (Å²) < 4.78 is 1.64. The molecule has 0 saturated carbocycles. The van der Waals surface area contributed by atoms with Crippen LogP contribution >= 0.6 is 0 Å². The van der Waals surface area contributed by atoms with E-state index in [1.54, 1.807) is 4.68 Å². The molecule has 0 aromatic carbocycles. The van der Waals surface area contributed by atoms with Gasteiger partial charge in [0.05, 0.1) is 6.20 Å². The van der Waals surface area contributed by atoms with Crippen LogP contribution in [-0.4, -0.2) is 20.0 Å². The number of nitrogens with one attached hydrogen (secondary N) is 2. The molecular formula is C8H12N6. The Morgan fingerprint density at radius 1 is 1.64 bits per heavy atom. The number of aromatic amines is 1. The zero-order chi connectivity index (χ0) is 9.97. The molecule has 4 N–H and O–H groups in total. The molecule has 6 nitrogen and oxygen atoms in total. The molecule has 0 spiro atoms. The SMILES string of the molecule is Cn1cc(C(NN)c2ccc[nH]2)nn1. The molecule has 2 rings (SSSR count). The first kappa shape index (κ1) is 8.92. The largest absolute Gasteiger partial charge is 0.363 e. The predicted octanol–water partition coefficient (Wildman–Crippen LogP) is -0.304. The minimum absolute atomic E-state index is 0.140. The highest BCUT2D eigenvalue weighted by molar-refractivity contribution is 5.19. The topological polar surface area (TPSA) is 84.5 Å². The van der Waals surface area contributed by atoms with Gasteiger partial charge in [-0.15, -0.1) is 5.10 Å².